The van der Waals surface area contributed by atoms with Crippen molar-refractivity contribution < 1.29 is 38.5 Å². The summed E-state index contributed by atoms with van der Waals surface area (Å²) < 4.78 is 16.6. The van der Waals surface area contributed by atoms with E-state index in [1.165, 1.54) is 4.57 Å². The Bertz CT molecular complexity index is 1520. The van der Waals surface area contributed by atoms with E-state index >= 15 is 0 Å². The zero-order valence-corrected chi connectivity index (χ0v) is 26.4. The second kappa shape index (κ2) is 12.9. The largest absolute Gasteiger partial charge is 0.509 e. The first kappa shape index (κ1) is 33.2. The average molecular weight is 595 g/mol. The number of fused-ring (bicyclic) bond motifs is 1. The van der Waals surface area contributed by atoms with Gasteiger partial charge in [0.1, 0.15) is 5.60 Å². The van der Waals surface area contributed by atoms with Crippen LogP contribution < -0.4 is 5.32 Å². The van der Waals surface area contributed by atoms with E-state index in [4.69, 9.17) is 14.2 Å². The van der Waals surface area contributed by atoms with Crippen LogP contribution >= 0.6 is 0 Å². The van der Waals surface area contributed by atoms with Gasteiger partial charge in [0, 0.05) is 17.8 Å². The van der Waals surface area contributed by atoms with Gasteiger partial charge in [-0.1, -0.05) is 30.2 Å². The lowest BCUT2D eigenvalue weighted by Crippen LogP contribution is -2.33. The second-order valence-corrected chi connectivity index (χ2v) is 12.3. The van der Waals surface area contributed by atoms with Crippen molar-refractivity contribution in [1.82, 2.24) is 9.88 Å². The van der Waals surface area contributed by atoms with Crippen molar-refractivity contribution in [3.8, 4) is 11.3 Å². The third kappa shape index (κ3) is 7.74. The summed E-state index contributed by atoms with van der Waals surface area (Å²) in [6.45, 7) is 15.9. The number of aryl methyl sites for hydroxylation is 2. The zero-order chi connectivity index (χ0) is 32.3. The highest BCUT2D eigenvalue weighted by atomic mass is 16.7. The number of carboxylic acid groups (broad SMARTS) is 1. The number of nitrogens with zero attached hydrogens (tertiary/aromatic N) is 1. The molecule has 3 aromatic rings. The molecule has 1 heterocycles. The Hall–Kier alpha value is -4.34. The van der Waals surface area contributed by atoms with E-state index in [2.05, 4.69) is 5.32 Å². The van der Waals surface area contributed by atoms with Gasteiger partial charge in [-0.2, -0.15) is 0 Å². The van der Waals surface area contributed by atoms with Gasteiger partial charge in [0.05, 0.1) is 23.2 Å². The molecule has 1 amide bonds. The van der Waals surface area contributed by atoms with Crippen LogP contribution in [0.1, 0.15) is 76.6 Å². The summed E-state index contributed by atoms with van der Waals surface area (Å²) >= 11 is 0. The van der Waals surface area contributed by atoms with Crippen LogP contribution in [-0.4, -0.2) is 59.2 Å². The summed E-state index contributed by atoms with van der Waals surface area (Å²) in [5, 5.41) is 13.8. The maximum Gasteiger partial charge on any atom is 0.509 e. The minimum atomic E-state index is -1.16. The Morgan fingerprint density at radius 1 is 0.953 bits per heavy atom. The predicted octanol–water partition coefficient (Wildman–Crippen LogP) is 6.46. The van der Waals surface area contributed by atoms with Crippen LogP contribution in [0, 0.1) is 13.8 Å². The molecule has 0 saturated heterocycles. The van der Waals surface area contributed by atoms with Crippen LogP contribution in [0.2, 0.25) is 0 Å². The van der Waals surface area contributed by atoms with Crippen molar-refractivity contribution in [2.75, 3.05) is 19.8 Å². The third-order valence-electron chi connectivity index (χ3n) is 7.01. The number of esters is 1. The second-order valence-electron chi connectivity index (χ2n) is 12.3. The highest BCUT2D eigenvalue weighted by molar-refractivity contribution is 6.00. The molecule has 0 radical (unpaired) electrons. The average Bonchev–Trinajstić information content (AvgIpc) is 3.24. The summed E-state index contributed by atoms with van der Waals surface area (Å²) in [7, 11) is 0. The fourth-order valence-corrected chi connectivity index (χ4v) is 5.05. The first-order chi connectivity index (χ1) is 20.0. The Kier molecular flexibility index (Phi) is 9.94. The van der Waals surface area contributed by atoms with Crippen LogP contribution in [0.3, 0.4) is 0 Å². The first-order valence-electron chi connectivity index (χ1n) is 14.3. The molecule has 0 aliphatic heterocycles. The lowest BCUT2D eigenvalue weighted by molar-refractivity contribution is -0.148. The Labute approximate surface area is 252 Å². The van der Waals surface area contributed by atoms with Gasteiger partial charge in [-0.05, 0) is 96.3 Å². The summed E-state index contributed by atoms with van der Waals surface area (Å²) in [4.78, 5) is 50.1. The molecule has 10 nitrogen and oxygen atoms in total. The molecular weight excluding hydrogens is 552 g/mol. The number of hydrogen-bond acceptors (Lipinski definition) is 7. The van der Waals surface area contributed by atoms with E-state index in [0.29, 0.717) is 33.3 Å². The molecule has 232 valence electrons. The van der Waals surface area contributed by atoms with Crippen LogP contribution in [0.25, 0.3) is 22.2 Å². The van der Waals surface area contributed by atoms with E-state index in [-0.39, 0.29) is 19.1 Å². The molecule has 1 aromatic heterocycles. The molecule has 43 heavy (non-hydrogen) atoms. The highest BCUT2D eigenvalue weighted by Gasteiger charge is 2.33. The third-order valence-corrected chi connectivity index (χ3v) is 7.01. The standard InChI is InChI=1S/C33H42N2O8/c1-10-41-29(37)33(8,9)23-11-12-25-24(16-23)27(21(4)17-34-26(36)18-42-31(40)43-32(5,6)7)28(35(25)30(38)39)22-14-19(2)13-20(3)15-22/h11-16,21H,10,17-18H2,1-9H3,(H,34,36)(H,38,39). The molecule has 10 heteroatoms. The normalized spacial score (nSPS) is 12.5. The van der Waals surface area contributed by atoms with Gasteiger partial charge < -0.3 is 24.6 Å². The lowest BCUT2D eigenvalue weighted by Gasteiger charge is -2.23. The SMILES string of the molecule is CCOC(=O)C(C)(C)c1ccc2c(c1)c(C(C)CNC(=O)COC(=O)OC(C)(C)C)c(-c1cc(C)cc(C)c1)n2C(=O)O. The van der Waals surface area contributed by atoms with Crippen molar-refractivity contribution in [2.45, 2.75) is 79.2 Å². The van der Waals surface area contributed by atoms with Crippen LogP contribution in [0.4, 0.5) is 9.59 Å². The maximum atomic E-state index is 12.8. The smallest absolute Gasteiger partial charge is 0.465 e. The Morgan fingerprint density at radius 3 is 2.14 bits per heavy atom. The number of hydrogen-bond donors (Lipinski definition) is 2. The molecule has 3 rings (SSSR count). The van der Waals surface area contributed by atoms with Crippen LogP contribution in [0.15, 0.2) is 36.4 Å². The molecule has 1 atom stereocenters. The molecule has 0 fully saturated rings. The van der Waals surface area contributed by atoms with Crippen LogP contribution in [-0.2, 0) is 29.2 Å². The van der Waals surface area contributed by atoms with Gasteiger partial charge in [0.25, 0.3) is 5.91 Å². The quantitative estimate of drug-likeness (QED) is 0.270. The van der Waals surface area contributed by atoms with Crippen molar-refractivity contribution in [1.29, 1.82) is 0 Å². The monoisotopic (exact) mass is 594 g/mol. The molecule has 2 N–H and O–H groups in total. The topological polar surface area (TPSA) is 133 Å². The predicted molar refractivity (Wildman–Crippen MR) is 164 cm³/mol. The molecule has 0 aliphatic carbocycles. The maximum absolute atomic E-state index is 12.8. The summed E-state index contributed by atoms with van der Waals surface area (Å²) in [5.41, 5.74) is 3.17. The first-order valence-corrected chi connectivity index (χ1v) is 14.3. The number of nitrogens with one attached hydrogen (secondary N) is 1. The molecule has 0 saturated carbocycles. The summed E-state index contributed by atoms with van der Waals surface area (Å²) in [5.74, 6) is -1.31. The van der Waals surface area contributed by atoms with Gasteiger partial charge in [0.2, 0.25) is 0 Å². The number of amides is 1. The molecule has 1 unspecified atom stereocenters. The van der Waals surface area contributed by atoms with Gasteiger partial charge in [-0.25, -0.2) is 14.2 Å². The number of rotatable bonds is 9. The van der Waals surface area contributed by atoms with Gasteiger partial charge in [-0.15, -0.1) is 0 Å². The van der Waals surface area contributed by atoms with E-state index < -0.39 is 41.7 Å². The van der Waals surface area contributed by atoms with E-state index in [0.717, 1.165) is 11.1 Å². The van der Waals surface area contributed by atoms with E-state index in [1.54, 1.807) is 53.7 Å². The highest BCUT2D eigenvalue weighted by Crippen LogP contribution is 2.41. The number of carbonyl (C=O) groups excluding carboxylic acids is 3. The fourth-order valence-electron chi connectivity index (χ4n) is 5.05. The van der Waals surface area contributed by atoms with Gasteiger partial charge in [-0.3, -0.25) is 9.59 Å². The van der Waals surface area contributed by atoms with Crippen molar-refractivity contribution >= 4 is 35.0 Å². The fraction of sp³-hybridized carbons (Fsp3) is 0.455. The number of aromatic nitrogens is 1. The lowest BCUT2D eigenvalue weighted by atomic mass is 9.83. The summed E-state index contributed by atoms with van der Waals surface area (Å²) in [6.07, 6.45) is -2.11. The minimum absolute atomic E-state index is 0.124. The van der Waals surface area contributed by atoms with Gasteiger partial charge >= 0.3 is 18.2 Å². The van der Waals surface area contributed by atoms with E-state index in [9.17, 15) is 24.3 Å². The van der Waals surface area contributed by atoms with Gasteiger partial charge in [0.15, 0.2) is 6.61 Å². The molecule has 0 aliphatic rings. The molecule has 0 spiro atoms. The zero-order valence-electron chi connectivity index (χ0n) is 26.4. The Balaban J connectivity index is 2.11. The van der Waals surface area contributed by atoms with E-state index in [1.807, 2.05) is 45.0 Å². The van der Waals surface area contributed by atoms with Crippen molar-refractivity contribution in [3.63, 3.8) is 0 Å². The summed E-state index contributed by atoms with van der Waals surface area (Å²) in [6, 6.07) is 11.1. The van der Waals surface area contributed by atoms with Crippen molar-refractivity contribution in [2.24, 2.45) is 0 Å². The number of benzene rings is 2. The molecule has 2 aromatic carbocycles. The van der Waals surface area contributed by atoms with Crippen molar-refractivity contribution in [3.05, 3.63) is 58.7 Å². The molecular formula is C33H42N2O8. The molecule has 0 bridgehead atoms. The number of carbonyl (C=O) groups is 4. The van der Waals surface area contributed by atoms with Crippen LogP contribution in [0.5, 0.6) is 0 Å². The minimum Gasteiger partial charge on any atom is -0.465 e. The Morgan fingerprint density at radius 2 is 1.58 bits per heavy atom. The number of ether oxygens (including phenoxy) is 3.